The van der Waals surface area contributed by atoms with Crippen LogP contribution in [-0.4, -0.2) is 50.9 Å². The van der Waals surface area contributed by atoms with E-state index in [2.05, 4.69) is 20.4 Å². The van der Waals surface area contributed by atoms with Gasteiger partial charge in [0.15, 0.2) is 0 Å². The molecular formula is C18H19N5O2S. The minimum absolute atomic E-state index is 0.0256. The number of hydrogen-bond donors (Lipinski definition) is 2. The standard InChI is InChI=1S/C18H19N5O2S/c24-17(13-11-20-21-15(13)14-2-1-9-26-14)23-6-4-18(5-7-23)16-12(3-8-25-18)10-19-22-16/h1-2,9-11H,3-8H2,(H,19,22)(H,20,21). The number of hydrogen-bond acceptors (Lipinski definition) is 5. The maximum atomic E-state index is 13.1. The maximum absolute atomic E-state index is 13.1. The van der Waals surface area contributed by atoms with E-state index in [-0.39, 0.29) is 11.5 Å². The number of fused-ring (bicyclic) bond motifs is 2. The smallest absolute Gasteiger partial charge is 0.257 e. The summed E-state index contributed by atoms with van der Waals surface area (Å²) in [5.74, 6) is 0.0256. The van der Waals surface area contributed by atoms with Crippen LogP contribution in [0.15, 0.2) is 29.9 Å². The summed E-state index contributed by atoms with van der Waals surface area (Å²) in [6.45, 7) is 2.03. The quantitative estimate of drug-likeness (QED) is 0.727. The number of likely N-dealkylation sites (tertiary alicyclic amines) is 1. The third-order valence-corrected chi connectivity index (χ3v) is 6.31. The lowest BCUT2D eigenvalue weighted by Gasteiger charge is -2.43. The molecule has 0 bridgehead atoms. The molecule has 7 nitrogen and oxygen atoms in total. The van der Waals surface area contributed by atoms with Crippen LogP contribution < -0.4 is 0 Å². The monoisotopic (exact) mass is 369 g/mol. The fourth-order valence-corrected chi connectivity index (χ4v) is 4.75. The van der Waals surface area contributed by atoms with Crippen molar-refractivity contribution in [3.05, 3.63) is 46.7 Å². The molecule has 0 aliphatic carbocycles. The van der Waals surface area contributed by atoms with Crippen molar-refractivity contribution in [2.45, 2.75) is 24.9 Å². The minimum atomic E-state index is -0.326. The highest BCUT2D eigenvalue weighted by atomic mass is 32.1. The van der Waals surface area contributed by atoms with Gasteiger partial charge in [-0.1, -0.05) is 6.07 Å². The van der Waals surface area contributed by atoms with Crippen molar-refractivity contribution in [2.24, 2.45) is 0 Å². The minimum Gasteiger partial charge on any atom is -0.368 e. The van der Waals surface area contributed by atoms with Crippen LogP contribution in [0.4, 0.5) is 0 Å². The van der Waals surface area contributed by atoms with Crippen molar-refractivity contribution in [2.75, 3.05) is 19.7 Å². The molecule has 0 saturated carbocycles. The molecule has 1 fully saturated rings. The SMILES string of the molecule is O=C(c1cn[nH]c1-c1cccs1)N1CCC2(CC1)OCCc1cn[nH]c12. The summed E-state index contributed by atoms with van der Waals surface area (Å²) < 4.78 is 6.17. The average Bonchev–Trinajstić information content (AvgIpc) is 3.41. The number of thiophene rings is 1. The first kappa shape index (κ1) is 15.8. The molecule has 134 valence electrons. The molecule has 0 unspecified atom stereocenters. The second-order valence-electron chi connectivity index (χ2n) is 6.79. The van der Waals surface area contributed by atoms with Crippen LogP contribution in [0, 0.1) is 0 Å². The Kier molecular flexibility index (Phi) is 3.68. The van der Waals surface area contributed by atoms with Crippen LogP contribution in [-0.2, 0) is 16.8 Å². The van der Waals surface area contributed by atoms with Gasteiger partial charge in [0.1, 0.15) is 5.60 Å². The first-order chi connectivity index (χ1) is 12.8. The lowest BCUT2D eigenvalue weighted by Crippen LogP contribution is -2.48. The number of aromatic nitrogens is 4. The molecule has 3 aromatic rings. The van der Waals surface area contributed by atoms with E-state index in [1.165, 1.54) is 5.56 Å². The third kappa shape index (κ3) is 2.40. The lowest BCUT2D eigenvalue weighted by molar-refractivity contribution is -0.0962. The molecule has 8 heteroatoms. The van der Waals surface area contributed by atoms with E-state index < -0.39 is 0 Å². The number of amides is 1. The van der Waals surface area contributed by atoms with Gasteiger partial charge in [0.2, 0.25) is 0 Å². The summed E-state index contributed by atoms with van der Waals surface area (Å²) in [6, 6.07) is 3.97. The van der Waals surface area contributed by atoms with Crippen molar-refractivity contribution in [3.8, 4) is 10.6 Å². The molecule has 26 heavy (non-hydrogen) atoms. The molecule has 1 saturated heterocycles. The van der Waals surface area contributed by atoms with Gasteiger partial charge >= 0.3 is 0 Å². The van der Waals surface area contributed by atoms with Gasteiger partial charge in [0.05, 0.1) is 40.8 Å². The second-order valence-corrected chi connectivity index (χ2v) is 7.74. The van der Waals surface area contributed by atoms with Gasteiger partial charge in [-0.25, -0.2) is 0 Å². The van der Waals surface area contributed by atoms with Gasteiger partial charge in [-0.05, 0) is 36.3 Å². The zero-order valence-corrected chi connectivity index (χ0v) is 15.0. The number of carbonyl (C=O) groups excluding carboxylic acids is 1. The van der Waals surface area contributed by atoms with Crippen molar-refractivity contribution in [3.63, 3.8) is 0 Å². The summed E-state index contributed by atoms with van der Waals surface area (Å²) >= 11 is 1.60. The van der Waals surface area contributed by atoms with E-state index in [4.69, 9.17) is 4.74 Å². The molecule has 2 aliphatic heterocycles. The Morgan fingerprint density at radius 3 is 2.88 bits per heavy atom. The fraction of sp³-hybridized carbons (Fsp3) is 0.389. The van der Waals surface area contributed by atoms with E-state index in [9.17, 15) is 4.79 Å². The number of H-pyrrole nitrogens is 2. The van der Waals surface area contributed by atoms with Crippen molar-refractivity contribution in [1.29, 1.82) is 0 Å². The zero-order chi connectivity index (χ0) is 17.6. The van der Waals surface area contributed by atoms with Gasteiger partial charge in [0.25, 0.3) is 5.91 Å². The molecule has 1 amide bonds. The van der Waals surface area contributed by atoms with Crippen LogP contribution in [0.5, 0.6) is 0 Å². The van der Waals surface area contributed by atoms with E-state index in [0.29, 0.717) is 25.3 Å². The summed E-state index contributed by atoms with van der Waals surface area (Å²) in [6.07, 6.45) is 5.98. The molecule has 2 aliphatic rings. The van der Waals surface area contributed by atoms with Crippen LogP contribution in [0.3, 0.4) is 0 Å². The second kappa shape index (κ2) is 6.07. The van der Waals surface area contributed by atoms with Crippen molar-refractivity contribution < 1.29 is 9.53 Å². The topological polar surface area (TPSA) is 86.9 Å². The zero-order valence-electron chi connectivity index (χ0n) is 14.2. The summed E-state index contributed by atoms with van der Waals surface area (Å²) in [5.41, 5.74) is 3.45. The average molecular weight is 369 g/mol. The van der Waals surface area contributed by atoms with Crippen LogP contribution in [0.2, 0.25) is 0 Å². The Morgan fingerprint density at radius 2 is 2.08 bits per heavy atom. The Balaban J connectivity index is 1.36. The molecular weight excluding hydrogens is 350 g/mol. The largest absolute Gasteiger partial charge is 0.368 e. The van der Waals surface area contributed by atoms with Gasteiger partial charge in [-0.15, -0.1) is 11.3 Å². The first-order valence-electron chi connectivity index (χ1n) is 8.80. The highest BCUT2D eigenvalue weighted by molar-refractivity contribution is 7.13. The summed E-state index contributed by atoms with van der Waals surface area (Å²) in [5, 5.41) is 16.4. The summed E-state index contributed by atoms with van der Waals surface area (Å²) in [7, 11) is 0. The Bertz CT molecular complexity index is 921. The predicted octanol–water partition coefficient (Wildman–Crippen LogP) is 2.57. The van der Waals surface area contributed by atoms with Gasteiger partial charge in [-0.2, -0.15) is 10.2 Å². The molecule has 5 rings (SSSR count). The van der Waals surface area contributed by atoms with E-state index >= 15 is 0 Å². The van der Waals surface area contributed by atoms with E-state index in [1.54, 1.807) is 17.5 Å². The van der Waals surface area contributed by atoms with Crippen molar-refractivity contribution >= 4 is 17.2 Å². The molecule has 2 N–H and O–H groups in total. The van der Waals surface area contributed by atoms with Crippen molar-refractivity contribution in [1.82, 2.24) is 25.3 Å². The lowest BCUT2D eigenvalue weighted by atomic mass is 9.83. The number of rotatable bonds is 2. The Labute approximate surface area is 154 Å². The molecule has 5 heterocycles. The maximum Gasteiger partial charge on any atom is 0.257 e. The van der Waals surface area contributed by atoms with Gasteiger partial charge < -0.3 is 9.64 Å². The highest BCUT2D eigenvalue weighted by Crippen LogP contribution is 2.40. The van der Waals surface area contributed by atoms with E-state index in [1.807, 2.05) is 28.6 Å². The number of nitrogens with one attached hydrogen (secondary N) is 2. The highest BCUT2D eigenvalue weighted by Gasteiger charge is 2.43. The third-order valence-electron chi connectivity index (χ3n) is 5.42. The van der Waals surface area contributed by atoms with Crippen LogP contribution >= 0.6 is 11.3 Å². The van der Waals surface area contributed by atoms with Gasteiger partial charge in [-0.3, -0.25) is 15.0 Å². The Hall–Kier alpha value is -2.45. The molecule has 0 radical (unpaired) electrons. The molecule has 1 spiro atoms. The predicted molar refractivity (Wildman–Crippen MR) is 97.0 cm³/mol. The molecule has 3 aromatic heterocycles. The number of piperidine rings is 1. The summed E-state index contributed by atoms with van der Waals surface area (Å²) in [4.78, 5) is 16.0. The first-order valence-corrected chi connectivity index (χ1v) is 9.68. The molecule has 0 aromatic carbocycles. The Morgan fingerprint density at radius 1 is 1.23 bits per heavy atom. The van der Waals surface area contributed by atoms with E-state index in [0.717, 1.165) is 35.5 Å². The van der Waals surface area contributed by atoms with Crippen LogP contribution in [0.1, 0.15) is 34.5 Å². The van der Waals surface area contributed by atoms with Gasteiger partial charge in [0, 0.05) is 13.1 Å². The fourth-order valence-electron chi connectivity index (χ4n) is 4.02. The normalized spacial score (nSPS) is 18.8. The van der Waals surface area contributed by atoms with Crippen LogP contribution in [0.25, 0.3) is 10.6 Å². The number of carbonyl (C=O) groups is 1. The number of nitrogens with zero attached hydrogens (tertiary/aromatic N) is 3. The number of aromatic amines is 2. The molecule has 0 atom stereocenters. The number of ether oxygens (including phenoxy) is 1.